The van der Waals surface area contributed by atoms with E-state index in [1.807, 2.05) is 48.5 Å². The third kappa shape index (κ3) is 3.83. The quantitative estimate of drug-likeness (QED) is 0.597. The van der Waals surface area contributed by atoms with E-state index in [9.17, 15) is 9.59 Å². The normalized spacial score (nSPS) is 14.7. The average Bonchev–Trinajstić information content (AvgIpc) is 3.00. The summed E-state index contributed by atoms with van der Waals surface area (Å²) in [4.78, 5) is 22.0. The first kappa shape index (κ1) is 17.9. The Bertz CT molecular complexity index is 938. The lowest BCUT2D eigenvalue weighted by molar-refractivity contribution is 0.0455. The topological polar surface area (TPSA) is 63.6 Å². The molecule has 1 aliphatic heterocycles. The van der Waals surface area contributed by atoms with Crippen LogP contribution in [-0.2, 0) is 4.74 Å². The Balaban J connectivity index is 0.000000170. The number of hydrogen-bond acceptors (Lipinski definition) is 3. The van der Waals surface area contributed by atoms with Crippen LogP contribution in [0.15, 0.2) is 83.3 Å². The summed E-state index contributed by atoms with van der Waals surface area (Å²) in [6.07, 6.45) is -0.245. The van der Waals surface area contributed by atoms with Crippen LogP contribution in [0.3, 0.4) is 0 Å². The number of rotatable bonds is 2. The van der Waals surface area contributed by atoms with E-state index in [1.165, 1.54) is 0 Å². The molecule has 0 saturated carbocycles. The van der Waals surface area contributed by atoms with Crippen molar-refractivity contribution in [3.05, 3.63) is 106 Å². The molecule has 0 saturated heterocycles. The zero-order valence-corrected chi connectivity index (χ0v) is 15.2. The molecule has 1 unspecified atom stereocenters. The average molecular weight is 411 g/mol. The first-order valence-electron chi connectivity index (χ1n) is 7.90. The van der Waals surface area contributed by atoms with Crippen molar-refractivity contribution in [2.24, 2.45) is 0 Å². The molecule has 26 heavy (non-hydrogen) atoms. The third-order valence-corrected chi connectivity index (χ3v) is 4.59. The number of halogens is 1. The van der Waals surface area contributed by atoms with Crippen LogP contribution in [0, 0.1) is 0 Å². The zero-order chi connectivity index (χ0) is 18.5. The fraction of sp³-hybridized carbons (Fsp3) is 0.0476. The Labute approximate surface area is 159 Å². The number of esters is 1. The van der Waals surface area contributed by atoms with Gasteiger partial charge in [0.25, 0.3) is 0 Å². The van der Waals surface area contributed by atoms with Gasteiger partial charge in [0, 0.05) is 10.0 Å². The van der Waals surface area contributed by atoms with Crippen LogP contribution in [0.4, 0.5) is 0 Å². The van der Waals surface area contributed by atoms with Gasteiger partial charge in [-0.25, -0.2) is 9.59 Å². The van der Waals surface area contributed by atoms with Gasteiger partial charge in [0.1, 0.15) is 0 Å². The summed E-state index contributed by atoms with van der Waals surface area (Å²) in [6, 6.07) is 24.0. The van der Waals surface area contributed by atoms with Gasteiger partial charge >= 0.3 is 11.9 Å². The van der Waals surface area contributed by atoms with Crippen LogP contribution in [0.25, 0.3) is 0 Å². The summed E-state index contributed by atoms with van der Waals surface area (Å²) >= 11 is 3.12. The number of carboxylic acid groups (broad SMARTS) is 1. The van der Waals surface area contributed by atoms with Gasteiger partial charge in [-0.1, -0.05) is 60.7 Å². The van der Waals surface area contributed by atoms with Crippen molar-refractivity contribution in [2.75, 3.05) is 0 Å². The number of cyclic esters (lactones) is 1. The van der Waals surface area contributed by atoms with E-state index in [-0.39, 0.29) is 12.1 Å². The molecule has 1 heterocycles. The summed E-state index contributed by atoms with van der Waals surface area (Å²) in [5.74, 6) is -1.14. The van der Waals surface area contributed by atoms with Crippen molar-refractivity contribution >= 4 is 27.9 Å². The molecule has 1 aliphatic rings. The molecule has 1 N–H and O–H groups in total. The minimum Gasteiger partial charge on any atom is -0.478 e. The Hall–Kier alpha value is -2.92. The number of carbonyl (C=O) groups excluding carboxylic acids is 1. The highest BCUT2D eigenvalue weighted by atomic mass is 79.9. The highest BCUT2D eigenvalue weighted by Gasteiger charge is 2.31. The SMILES string of the molecule is O=C(O)c1ccccc1Br.O=C1OC(c2ccccc2)c2ccccc21. The van der Waals surface area contributed by atoms with Gasteiger partial charge < -0.3 is 9.84 Å². The minimum absolute atomic E-state index is 0.232. The Morgan fingerprint density at radius 2 is 1.50 bits per heavy atom. The number of fused-ring (bicyclic) bond motifs is 1. The molecular weight excluding hydrogens is 396 g/mol. The molecule has 5 heteroatoms. The molecule has 0 radical (unpaired) electrons. The Morgan fingerprint density at radius 3 is 2.15 bits per heavy atom. The van der Waals surface area contributed by atoms with Crippen molar-refractivity contribution in [2.45, 2.75) is 6.10 Å². The molecule has 0 aromatic heterocycles. The van der Waals surface area contributed by atoms with E-state index in [4.69, 9.17) is 9.84 Å². The lowest BCUT2D eigenvalue weighted by atomic mass is 9.99. The van der Waals surface area contributed by atoms with E-state index in [1.54, 1.807) is 30.3 Å². The van der Waals surface area contributed by atoms with Crippen LogP contribution in [0.5, 0.6) is 0 Å². The molecule has 0 bridgehead atoms. The second-order valence-electron chi connectivity index (χ2n) is 5.57. The first-order chi connectivity index (χ1) is 12.6. The maximum atomic E-state index is 11.6. The lowest BCUT2D eigenvalue weighted by Crippen LogP contribution is -1.99. The van der Waals surface area contributed by atoms with Crippen molar-refractivity contribution in [3.63, 3.8) is 0 Å². The molecular formula is C21H15BrO4. The molecule has 3 aromatic carbocycles. The van der Waals surface area contributed by atoms with Gasteiger partial charge in [0.05, 0.1) is 11.1 Å². The molecule has 1 atom stereocenters. The van der Waals surface area contributed by atoms with Gasteiger partial charge in [-0.15, -0.1) is 0 Å². The predicted molar refractivity (Wildman–Crippen MR) is 101 cm³/mol. The number of hydrogen-bond donors (Lipinski definition) is 1. The third-order valence-electron chi connectivity index (χ3n) is 3.89. The molecule has 0 spiro atoms. The van der Waals surface area contributed by atoms with E-state index in [2.05, 4.69) is 15.9 Å². The molecule has 0 amide bonds. The van der Waals surface area contributed by atoms with Gasteiger partial charge in [-0.05, 0) is 39.7 Å². The summed E-state index contributed by atoms with van der Waals surface area (Å²) in [5.41, 5.74) is 2.94. The van der Waals surface area contributed by atoms with Gasteiger partial charge in [0.15, 0.2) is 6.10 Å². The van der Waals surface area contributed by atoms with Crippen LogP contribution in [0.2, 0.25) is 0 Å². The van der Waals surface area contributed by atoms with Crippen LogP contribution in [-0.4, -0.2) is 17.0 Å². The molecule has 4 rings (SSSR count). The van der Waals surface area contributed by atoms with E-state index < -0.39 is 5.97 Å². The summed E-state index contributed by atoms with van der Waals surface area (Å²) < 4.78 is 5.99. The maximum Gasteiger partial charge on any atom is 0.339 e. The number of carbonyl (C=O) groups is 2. The monoisotopic (exact) mass is 410 g/mol. The predicted octanol–water partition coefficient (Wildman–Crippen LogP) is 5.09. The number of carboxylic acids is 1. The number of benzene rings is 3. The molecule has 0 aliphatic carbocycles. The summed E-state index contributed by atoms with van der Waals surface area (Å²) in [6.45, 7) is 0. The van der Waals surface area contributed by atoms with Crippen molar-refractivity contribution in [1.29, 1.82) is 0 Å². The van der Waals surface area contributed by atoms with Crippen molar-refractivity contribution in [1.82, 2.24) is 0 Å². The highest BCUT2D eigenvalue weighted by molar-refractivity contribution is 9.10. The Kier molecular flexibility index (Phi) is 5.49. The first-order valence-corrected chi connectivity index (χ1v) is 8.70. The van der Waals surface area contributed by atoms with Crippen molar-refractivity contribution in [3.8, 4) is 0 Å². The van der Waals surface area contributed by atoms with E-state index in [0.29, 0.717) is 15.6 Å². The smallest absolute Gasteiger partial charge is 0.339 e. The second kappa shape index (κ2) is 7.97. The fourth-order valence-corrected chi connectivity index (χ4v) is 3.11. The number of ether oxygens (including phenoxy) is 1. The standard InChI is InChI=1S/C14H10O2.C7H5BrO2/c15-14-12-9-5-4-8-11(12)13(16-14)10-6-2-1-3-7-10;8-6-4-2-1-3-5(6)7(9)10/h1-9,13H;1-4H,(H,9,10). The van der Waals surface area contributed by atoms with E-state index >= 15 is 0 Å². The summed E-state index contributed by atoms with van der Waals surface area (Å²) in [5, 5.41) is 8.54. The molecule has 3 aromatic rings. The largest absolute Gasteiger partial charge is 0.478 e. The van der Waals surface area contributed by atoms with Crippen molar-refractivity contribution < 1.29 is 19.4 Å². The van der Waals surface area contributed by atoms with Gasteiger partial charge in [0.2, 0.25) is 0 Å². The van der Waals surface area contributed by atoms with Gasteiger partial charge in [-0.3, -0.25) is 0 Å². The molecule has 0 fully saturated rings. The number of aromatic carboxylic acids is 1. The zero-order valence-electron chi connectivity index (χ0n) is 13.6. The fourth-order valence-electron chi connectivity index (χ4n) is 2.66. The molecule has 130 valence electrons. The maximum absolute atomic E-state index is 11.6. The Morgan fingerprint density at radius 1 is 0.885 bits per heavy atom. The summed E-state index contributed by atoms with van der Waals surface area (Å²) in [7, 11) is 0. The lowest BCUT2D eigenvalue weighted by Gasteiger charge is -2.10. The van der Waals surface area contributed by atoms with E-state index in [0.717, 1.165) is 11.1 Å². The molecule has 4 nitrogen and oxygen atoms in total. The van der Waals surface area contributed by atoms with Gasteiger partial charge in [-0.2, -0.15) is 0 Å². The van der Waals surface area contributed by atoms with Crippen LogP contribution < -0.4 is 0 Å². The van der Waals surface area contributed by atoms with Crippen LogP contribution >= 0.6 is 15.9 Å². The second-order valence-corrected chi connectivity index (χ2v) is 6.42. The minimum atomic E-state index is -0.910. The van der Waals surface area contributed by atoms with Crippen LogP contribution in [0.1, 0.15) is 37.9 Å². The highest BCUT2D eigenvalue weighted by Crippen LogP contribution is 2.35.